The molecule has 0 spiro atoms. The number of carbonyl (C=O) groups is 1. The average Bonchev–Trinajstić information content (AvgIpc) is 2.39. The van der Waals surface area contributed by atoms with Crippen molar-refractivity contribution >= 4 is 29.1 Å². The Labute approximate surface area is 123 Å². The molecular weight excluding hydrogens is 288 g/mol. The second-order valence-corrected chi connectivity index (χ2v) is 5.34. The van der Waals surface area contributed by atoms with Crippen molar-refractivity contribution in [2.24, 2.45) is 5.92 Å². The molecule has 1 atom stereocenters. The SMILES string of the molecule is CC(CCl)CCCNC(=O)Cc1c(F)cccc1Cl. The molecule has 0 saturated carbocycles. The Morgan fingerprint density at radius 1 is 1.47 bits per heavy atom. The molecule has 19 heavy (non-hydrogen) atoms. The summed E-state index contributed by atoms with van der Waals surface area (Å²) in [6.45, 7) is 2.64. The van der Waals surface area contributed by atoms with Crippen LogP contribution in [-0.2, 0) is 11.2 Å². The van der Waals surface area contributed by atoms with Gasteiger partial charge in [0, 0.05) is 23.0 Å². The Morgan fingerprint density at radius 3 is 2.84 bits per heavy atom. The number of rotatable bonds is 7. The lowest BCUT2D eigenvalue weighted by molar-refractivity contribution is -0.120. The molecule has 1 aromatic carbocycles. The van der Waals surface area contributed by atoms with Crippen LogP contribution in [0.1, 0.15) is 25.3 Å². The highest BCUT2D eigenvalue weighted by Crippen LogP contribution is 2.19. The van der Waals surface area contributed by atoms with Gasteiger partial charge in [0.15, 0.2) is 0 Å². The minimum atomic E-state index is -0.446. The molecule has 0 aliphatic heterocycles. The van der Waals surface area contributed by atoms with Crippen molar-refractivity contribution in [2.45, 2.75) is 26.2 Å². The van der Waals surface area contributed by atoms with E-state index in [4.69, 9.17) is 23.2 Å². The van der Waals surface area contributed by atoms with E-state index < -0.39 is 5.82 Å². The largest absolute Gasteiger partial charge is 0.356 e. The monoisotopic (exact) mass is 305 g/mol. The number of carbonyl (C=O) groups excluding carboxylic acids is 1. The summed E-state index contributed by atoms with van der Waals surface area (Å²) in [5.41, 5.74) is 0.246. The number of halogens is 3. The summed E-state index contributed by atoms with van der Waals surface area (Å²) in [5.74, 6) is 0.405. The minimum absolute atomic E-state index is 0.0312. The highest BCUT2D eigenvalue weighted by Gasteiger charge is 2.11. The first-order valence-corrected chi connectivity index (χ1v) is 7.21. The van der Waals surface area contributed by atoms with Gasteiger partial charge in [0.1, 0.15) is 5.82 Å². The summed E-state index contributed by atoms with van der Waals surface area (Å²) in [7, 11) is 0. The second kappa shape index (κ2) is 8.39. The van der Waals surface area contributed by atoms with E-state index in [9.17, 15) is 9.18 Å². The van der Waals surface area contributed by atoms with E-state index >= 15 is 0 Å². The van der Waals surface area contributed by atoms with E-state index in [1.807, 2.05) is 0 Å². The molecule has 0 saturated heterocycles. The van der Waals surface area contributed by atoms with Gasteiger partial charge in [-0.3, -0.25) is 4.79 Å². The molecule has 0 radical (unpaired) electrons. The highest BCUT2D eigenvalue weighted by atomic mass is 35.5. The number of benzene rings is 1. The van der Waals surface area contributed by atoms with Crippen molar-refractivity contribution in [1.29, 1.82) is 0 Å². The van der Waals surface area contributed by atoms with E-state index in [2.05, 4.69) is 12.2 Å². The lowest BCUT2D eigenvalue weighted by atomic mass is 10.1. The van der Waals surface area contributed by atoms with Gasteiger partial charge in [-0.2, -0.15) is 0 Å². The Morgan fingerprint density at radius 2 is 2.21 bits per heavy atom. The van der Waals surface area contributed by atoms with Crippen LogP contribution < -0.4 is 5.32 Å². The van der Waals surface area contributed by atoms with Crippen LogP contribution in [-0.4, -0.2) is 18.3 Å². The average molecular weight is 306 g/mol. The minimum Gasteiger partial charge on any atom is -0.356 e. The molecule has 1 amide bonds. The third kappa shape index (κ3) is 5.79. The predicted molar refractivity (Wildman–Crippen MR) is 77.2 cm³/mol. The van der Waals surface area contributed by atoms with Gasteiger partial charge in [0.05, 0.1) is 6.42 Å². The first-order chi connectivity index (χ1) is 9.04. The van der Waals surface area contributed by atoms with Crippen LogP contribution >= 0.6 is 23.2 Å². The van der Waals surface area contributed by atoms with E-state index in [0.29, 0.717) is 18.3 Å². The van der Waals surface area contributed by atoms with Gasteiger partial charge in [0.2, 0.25) is 5.91 Å². The standard InChI is InChI=1S/C14H18Cl2FNO/c1-10(9-15)4-3-7-18-14(19)8-11-12(16)5-2-6-13(11)17/h2,5-6,10H,3-4,7-9H2,1H3,(H,18,19). The van der Waals surface area contributed by atoms with Crippen LogP contribution in [0, 0.1) is 11.7 Å². The Balaban J connectivity index is 2.35. The van der Waals surface area contributed by atoms with Gasteiger partial charge in [-0.25, -0.2) is 4.39 Å². The Kier molecular flexibility index (Phi) is 7.17. The summed E-state index contributed by atoms with van der Waals surface area (Å²) < 4.78 is 13.5. The number of amides is 1. The maximum absolute atomic E-state index is 13.5. The zero-order valence-corrected chi connectivity index (χ0v) is 12.4. The lowest BCUT2D eigenvalue weighted by Crippen LogP contribution is -2.26. The first kappa shape index (κ1) is 16.3. The van der Waals surface area contributed by atoms with Crippen LogP contribution in [0.3, 0.4) is 0 Å². The highest BCUT2D eigenvalue weighted by molar-refractivity contribution is 6.31. The van der Waals surface area contributed by atoms with Gasteiger partial charge in [-0.15, -0.1) is 11.6 Å². The van der Waals surface area contributed by atoms with Gasteiger partial charge in [0.25, 0.3) is 0 Å². The normalized spacial score (nSPS) is 12.2. The Hall–Kier alpha value is -0.800. The fourth-order valence-corrected chi connectivity index (χ4v) is 2.06. The fourth-order valence-electron chi connectivity index (χ4n) is 1.68. The molecule has 0 bridgehead atoms. The molecule has 0 aromatic heterocycles. The van der Waals surface area contributed by atoms with E-state index in [-0.39, 0.29) is 22.9 Å². The van der Waals surface area contributed by atoms with Crippen molar-refractivity contribution in [2.75, 3.05) is 12.4 Å². The summed E-state index contributed by atoms with van der Waals surface area (Å²) in [6, 6.07) is 4.40. The van der Waals surface area contributed by atoms with Crippen molar-refractivity contribution in [3.63, 3.8) is 0 Å². The quantitative estimate of drug-likeness (QED) is 0.602. The molecular formula is C14H18Cl2FNO. The van der Waals surface area contributed by atoms with Crippen LogP contribution in [0.4, 0.5) is 4.39 Å². The molecule has 5 heteroatoms. The molecule has 0 heterocycles. The van der Waals surface area contributed by atoms with Crippen LogP contribution in [0.15, 0.2) is 18.2 Å². The molecule has 1 N–H and O–H groups in total. The number of hydrogen-bond acceptors (Lipinski definition) is 1. The molecule has 0 aliphatic carbocycles. The lowest BCUT2D eigenvalue weighted by Gasteiger charge is -2.09. The molecule has 106 valence electrons. The first-order valence-electron chi connectivity index (χ1n) is 6.30. The summed E-state index contributed by atoms with van der Waals surface area (Å²) in [5, 5.41) is 3.04. The molecule has 1 unspecified atom stereocenters. The third-order valence-electron chi connectivity index (χ3n) is 2.86. The van der Waals surface area contributed by atoms with Gasteiger partial charge < -0.3 is 5.32 Å². The maximum Gasteiger partial charge on any atom is 0.224 e. The van der Waals surface area contributed by atoms with Gasteiger partial charge in [-0.05, 0) is 30.9 Å². The van der Waals surface area contributed by atoms with E-state index in [0.717, 1.165) is 12.8 Å². The van der Waals surface area contributed by atoms with Crippen molar-refractivity contribution in [3.8, 4) is 0 Å². The van der Waals surface area contributed by atoms with Gasteiger partial charge >= 0.3 is 0 Å². The van der Waals surface area contributed by atoms with Crippen molar-refractivity contribution in [1.82, 2.24) is 5.32 Å². The summed E-state index contributed by atoms with van der Waals surface area (Å²) in [6.07, 6.45) is 1.80. The molecule has 0 fully saturated rings. The van der Waals surface area contributed by atoms with Crippen molar-refractivity contribution in [3.05, 3.63) is 34.6 Å². The van der Waals surface area contributed by atoms with E-state index in [1.165, 1.54) is 12.1 Å². The molecule has 0 aliphatic rings. The van der Waals surface area contributed by atoms with E-state index in [1.54, 1.807) is 6.07 Å². The number of hydrogen-bond donors (Lipinski definition) is 1. The van der Waals surface area contributed by atoms with Crippen LogP contribution in [0.5, 0.6) is 0 Å². The van der Waals surface area contributed by atoms with Crippen LogP contribution in [0.25, 0.3) is 0 Å². The van der Waals surface area contributed by atoms with Crippen molar-refractivity contribution < 1.29 is 9.18 Å². The smallest absolute Gasteiger partial charge is 0.224 e. The number of alkyl halides is 1. The fraction of sp³-hybridized carbons (Fsp3) is 0.500. The zero-order valence-electron chi connectivity index (χ0n) is 10.9. The summed E-state index contributed by atoms with van der Waals surface area (Å²) in [4.78, 5) is 11.7. The molecule has 1 aromatic rings. The third-order valence-corrected chi connectivity index (χ3v) is 3.74. The van der Waals surface area contributed by atoms with Crippen LogP contribution in [0.2, 0.25) is 5.02 Å². The molecule has 2 nitrogen and oxygen atoms in total. The number of nitrogens with one attached hydrogen (secondary N) is 1. The topological polar surface area (TPSA) is 29.1 Å². The predicted octanol–water partition coefficient (Wildman–Crippen LogP) is 3.79. The maximum atomic E-state index is 13.5. The second-order valence-electron chi connectivity index (χ2n) is 4.63. The van der Waals surface area contributed by atoms with Gasteiger partial charge in [-0.1, -0.05) is 24.6 Å². The summed E-state index contributed by atoms with van der Waals surface area (Å²) >= 11 is 11.6. The zero-order chi connectivity index (χ0) is 14.3. The molecule has 1 rings (SSSR count). The Bertz CT molecular complexity index is 406.